The number of cyclic esters (lactones) is 1. The number of hydrogen-bond acceptors (Lipinski definition) is 3. The Balaban J connectivity index is 2.24. The van der Waals surface area contributed by atoms with Gasteiger partial charge in [0.15, 0.2) is 5.81 Å². The zero-order valence-corrected chi connectivity index (χ0v) is 9.97. The molecule has 1 fully saturated rings. The number of imide groups is 1. The number of nitrogens with zero attached hydrogens (tertiary/aromatic N) is 1. The molecular weight excluding hydrogens is 217 g/mol. The van der Waals surface area contributed by atoms with Crippen LogP contribution in [-0.4, -0.2) is 36.8 Å². The number of hydrogen-bond donors (Lipinski definition) is 0. The first-order valence-electron chi connectivity index (χ1n) is 5.54. The fourth-order valence-corrected chi connectivity index (χ4v) is 2.24. The summed E-state index contributed by atoms with van der Waals surface area (Å²) >= 11 is 0. The Labute approximate surface area is 101 Å². The molecule has 1 atom stereocenters. The van der Waals surface area contributed by atoms with Gasteiger partial charge in [0.05, 0.1) is 5.54 Å². The van der Waals surface area contributed by atoms with Gasteiger partial charge in [-0.15, -0.1) is 0 Å². The molecule has 1 heterocycles. The second-order valence-corrected chi connectivity index (χ2v) is 4.57. The zero-order valence-electron chi connectivity index (χ0n) is 9.97. The molecule has 2 amide bonds. The van der Waals surface area contributed by atoms with E-state index in [1.807, 2.05) is 37.3 Å². The Morgan fingerprint density at radius 2 is 2.12 bits per heavy atom. The summed E-state index contributed by atoms with van der Waals surface area (Å²) in [6.45, 7) is 2.12. The molecular formula is C12H14BNO3. The van der Waals surface area contributed by atoms with Crippen LogP contribution in [0.3, 0.4) is 0 Å². The summed E-state index contributed by atoms with van der Waals surface area (Å²) in [5.41, 5.74) is 0.504. The molecule has 0 aromatic heterocycles. The van der Waals surface area contributed by atoms with Crippen molar-refractivity contribution < 1.29 is 14.3 Å². The van der Waals surface area contributed by atoms with Gasteiger partial charge in [-0.1, -0.05) is 30.3 Å². The Kier molecular flexibility index (Phi) is 2.92. The molecule has 17 heavy (non-hydrogen) atoms. The van der Waals surface area contributed by atoms with E-state index in [-0.39, 0.29) is 12.4 Å². The molecule has 1 unspecified atom stereocenters. The van der Waals surface area contributed by atoms with E-state index in [9.17, 15) is 9.59 Å². The predicted octanol–water partition coefficient (Wildman–Crippen LogP) is 1.19. The lowest BCUT2D eigenvalue weighted by atomic mass is 9.91. The third kappa shape index (κ3) is 2.18. The van der Waals surface area contributed by atoms with Gasteiger partial charge in [-0.25, -0.2) is 9.69 Å². The molecule has 1 aromatic rings. The zero-order chi connectivity index (χ0) is 12.5. The van der Waals surface area contributed by atoms with E-state index in [0.717, 1.165) is 5.56 Å². The van der Waals surface area contributed by atoms with Gasteiger partial charge >= 0.3 is 6.09 Å². The molecule has 1 aromatic carbocycles. The summed E-state index contributed by atoms with van der Waals surface area (Å²) in [6.07, 6.45) is 0.0648. The highest BCUT2D eigenvalue weighted by molar-refractivity contribution is 6.58. The summed E-state index contributed by atoms with van der Waals surface area (Å²) in [5.74, 6) is -0.272. The van der Waals surface area contributed by atoms with Crippen LogP contribution >= 0.6 is 0 Å². The van der Waals surface area contributed by atoms with Crippen molar-refractivity contribution in [2.24, 2.45) is 0 Å². The number of carbonyl (C=O) groups excluding carboxylic acids is 2. The second kappa shape index (κ2) is 4.24. The average Bonchev–Trinajstić information content (AvgIpc) is 2.55. The Bertz CT molecular complexity index is 448. The molecule has 4 nitrogen and oxygen atoms in total. The number of benzene rings is 1. The molecule has 88 valence electrons. The van der Waals surface area contributed by atoms with Crippen LogP contribution in [0.1, 0.15) is 12.5 Å². The van der Waals surface area contributed by atoms with Crippen molar-refractivity contribution in [3.05, 3.63) is 35.9 Å². The topological polar surface area (TPSA) is 46.6 Å². The third-order valence-corrected chi connectivity index (χ3v) is 2.97. The fourth-order valence-electron chi connectivity index (χ4n) is 2.24. The van der Waals surface area contributed by atoms with Crippen LogP contribution in [-0.2, 0) is 11.2 Å². The predicted molar refractivity (Wildman–Crippen MR) is 65.7 cm³/mol. The van der Waals surface area contributed by atoms with Crippen molar-refractivity contribution in [2.75, 3.05) is 6.61 Å². The van der Waals surface area contributed by atoms with E-state index in [2.05, 4.69) is 0 Å². The van der Waals surface area contributed by atoms with Crippen molar-refractivity contribution in [2.45, 2.75) is 18.9 Å². The summed E-state index contributed by atoms with van der Waals surface area (Å²) < 4.78 is 4.98. The molecule has 1 saturated heterocycles. The first-order chi connectivity index (χ1) is 8.03. The molecule has 0 spiro atoms. The molecule has 0 radical (unpaired) electrons. The highest BCUT2D eigenvalue weighted by Crippen LogP contribution is 2.28. The minimum absolute atomic E-state index is 0.250. The lowest BCUT2D eigenvalue weighted by Gasteiger charge is -2.29. The minimum atomic E-state index is -0.579. The van der Waals surface area contributed by atoms with Crippen LogP contribution < -0.4 is 0 Å². The molecule has 0 saturated carbocycles. The van der Waals surface area contributed by atoms with Gasteiger partial charge in [0.2, 0.25) is 7.85 Å². The van der Waals surface area contributed by atoms with Crippen LogP contribution in [0.5, 0.6) is 0 Å². The summed E-state index contributed by atoms with van der Waals surface area (Å²) in [4.78, 5) is 24.2. The second-order valence-electron chi connectivity index (χ2n) is 4.57. The van der Waals surface area contributed by atoms with E-state index in [1.54, 1.807) is 0 Å². The molecule has 1 aliphatic rings. The van der Waals surface area contributed by atoms with Gasteiger partial charge in [0.25, 0.3) is 0 Å². The highest BCUT2D eigenvalue weighted by Gasteiger charge is 2.45. The Morgan fingerprint density at radius 1 is 1.47 bits per heavy atom. The van der Waals surface area contributed by atoms with Gasteiger partial charge in [-0.3, -0.25) is 4.79 Å². The van der Waals surface area contributed by atoms with Gasteiger partial charge < -0.3 is 4.74 Å². The van der Waals surface area contributed by atoms with Crippen molar-refractivity contribution in [3.8, 4) is 0 Å². The number of carbonyl (C=O) groups is 2. The quantitative estimate of drug-likeness (QED) is 0.718. The van der Waals surface area contributed by atoms with E-state index < -0.39 is 11.6 Å². The third-order valence-electron chi connectivity index (χ3n) is 2.97. The molecule has 0 bridgehead atoms. The van der Waals surface area contributed by atoms with Gasteiger partial charge in [0, 0.05) is 0 Å². The standard InChI is InChI=1S/C12H14BNO3/c1-12(7-9-5-3-2-4-6-9)8-17-11(16)14(12)10(13)15/h2-6H,7-8,13H2,1H3. The largest absolute Gasteiger partial charge is 0.447 e. The molecule has 0 N–H and O–H groups in total. The fraction of sp³-hybridized carbons (Fsp3) is 0.333. The maximum absolute atomic E-state index is 11.5. The van der Waals surface area contributed by atoms with E-state index >= 15 is 0 Å². The van der Waals surface area contributed by atoms with Crippen LogP contribution in [0.15, 0.2) is 30.3 Å². The summed E-state index contributed by atoms with van der Waals surface area (Å²) in [7, 11) is 1.38. The first kappa shape index (κ1) is 11.7. The lowest BCUT2D eigenvalue weighted by molar-refractivity contribution is 0.162. The molecule has 2 rings (SSSR count). The molecule has 5 heteroatoms. The van der Waals surface area contributed by atoms with Crippen molar-refractivity contribution in [3.63, 3.8) is 0 Å². The maximum Gasteiger partial charge on any atom is 0.416 e. The monoisotopic (exact) mass is 231 g/mol. The first-order valence-corrected chi connectivity index (χ1v) is 5.54. The van der Waals surface area contributed by atoms with E-state index in [0.29, 0.717) is 6.42 Å². The maximum atomic E-state index is 11.5. The number of rotatable bonds is 2. The summed E-state index contributed by atoms with van der Waals surface area (Å²) in [6, 6.07) is 9.77. The molecule has 0 aliphatic carbocycles. The smallest absolute Gasteiger partial charge is 0.416 e. The van der Waals surface area contributed by atoms with Crippen molar-refractivity contribution >= 4 is 19.7 Å². The summed E-state index contributed by atoms with van der Waals surface area (Å²) in [5, 5.41) is 0. The Morgan fingerprint density at radius 3 is 2.71 bits per heavy atom. The van der Waals surface area contributed by atoms with Crippen molar-refractivity contribution in [1.29, 1.82) is 0 Å². The van der Waals surface area contributed by atoms with Gasteiger partial charge in [0.1, 0.15) is 6.61 Å². The van der Waals surface area contributed by atoms with E-state index in [4.69, 9.17) is 4.74 Å². The highest BCUT2D eigenvalue weighted by atomic mass is 16.6. The van der Waals surface area contributed by atoms with Crippen LogP contribution in [0, 0.1) is 0 Å². The normalized spacial score (nSPS) is 23.6. The minimum Gasteiger partial charge on any atom is -0.447 e. The van der Waals surface area contributed by atoms with Gasteiger partial charge in [-0.05, 0) is 18.9 Å². The Hall–Kier alpha value is -1.78. The van der Waals surface area contributed by atoms with Crippen molar-refractivity contribution in [1.82, 2.24) is 4.90 Å². The molecule has 1 aliphatic heterocycles. The number of amides is 2. The van der Waals surface area contributed by atoms with Crippen LogP contribution in [0.25, 0.3) is 0 Å². The average molecular weight is 231 g/mol. The van der Waals surface area contributed by atoms with Gasteiger partial charge in [-0.2, -0.15) is 0 Å². The lowest BCUT2D eigenvalue weighted by Crippen LogP contribution is -2.49. The SMILES string of the molecule is BC(=O)N1C(=O)OCC1(C)Cc1ccccc1. The number of ether oxygens (including phenoxy) is 1. The van der Waals surface area contributed by atoms with Crippen LogP contribution in [0.2, 0.25) is 0 Å². The van der Waals surface area contributed by atoms with Crippen LogP contribution in [0.4, 0.5) is 9.59 Å². The van der Waals surface area contributed by atoms with E-state index in [1.165, 1.54) is 12.7 Å².